The number of ether oxygens (including phenoxy) is 2. The van der Waals surface area contributed by atoms with Gasteiger partial charge in [0.15, 0.2) is 6.10 Å². The number of amides is 3. The van der Waals surface area contributed by atoms with Crippen LogP contribution >= 0.6 is 11.8 Å². The number of aromatic nitrogens is 1. The van der Waals surface area contributed by atoms with Gasteiger partial charge in [-0.05, 0) is 49.1 Å². The highest BCUT2D eigenvalue weighted by Crippen LogP contribution is 2.28. The fourth-order valence-corrected chi connectivity index (χ4v) is 6.59. The second kappa shape index (κ2) is 18.7. The molecule has 0 bridgehead atoms. The number of benzene rings is 1. The molecule has 5 N–H and O–H groups in total. The molecule has 46 heavy (non-hydrogen) atoms. The van der Waals surface area contributed by atoms with Gasteiger partial charge >= 0.3 is 6.09 Å². The molecule has 252 valence electrons. The summed E-state index contributed by atoms with van der Waals surface area (Å²) in [5.74, 6) is 0.303. The molecule has 4 rings (SSSR count). The highest BCUT2D eigenvalue weighted by Gasteiger charge is 2.33. The number of nitrogens with one attached hydrogen (secondary N) is 2. The summed E-state index contributed by atoms with van der Waals surface area (Å²) in [5, 5.41) is 17.1. The van der Waals surface area contributed by atoms with Crippen LogP contribution in [0.5, 0.6) is 5.75 Å². The highest BCUT2D eigenvalue weighted by molar-refractivity contribution is 7.98. The zero-order chi connectivity index (χ0) is 32.7. The van der Waals surface area contributed by atoms with Gasteiger partial charge in [-0.1, -0.05) is 62.4 Å². The maximum absolute atomic E-state index is 13.8. The topological polar surface area (TPSA) is 156 Å². The van der Waals surface area contributed by atoms with Crippen LogP contribution in [0.15, 0.2) is 54.9 Å². The van der Waals surface area contributed by atoms with E-state index in [1.54, 1.807) is 29.4 Å². The number of likely N-dealkylation sites (tertiary alicyclic amines) is 1. The number of nitrogens with zero attached hydrogens (tertiary/aromatic N) is 2. The molecule has 2 heterocycles. The number of nitrogens with two attached hydrogens (primary N) is 1. The van der Waals surface area contributed by atoms with Crippen LogP contribution in [0.25, 0.3) is 0 Å². The Hall–Kier alpha value is -3.35. The van der Waals surface area contributed by atoms with Gasteiger partial charge in [-0.2, -0.15) is 11.8 Å². The number of rotatable bonds is 15. The summed E-state index contributed by atoms with van der Waals surface area (Å²) in [6.45, 7) is 0.928. The Balaban J connectivity index is 1.44. The van der Waals surface area contributed by atoms with E-state index in [-0.39, 0.29) is 19.1 Å². The average molecular weight is 656 g/mol. The van der Waals surface area contributed by atoms with Gasteiger partial charge in [0, 0.05) is 43.7 Å². The lowest BCUT2D eigenvalue weighted by molar-refractivity contribution is -0.134. The molecule has 2 fully saturated rings. The van der Waals surface area contributed by atoms with Crippen LogP contribution in [0.3, 0.4) is 0 Å². The molecule has 1 aromatic carbocycles. The Morgan fingerprint density at radius 2 is 1.70 bits per heavy atom. The van der Waals surface area contributed by atoms with Gasteiger partial charge in [-0.3, -0.25) is 14.6 Å². The molecule has 11 nitrogen and oxygen atoms in total. The van der Waals surface area contributed by atoms with Crippen LogP contribution in [0.1, 0.15) is 56.9 Å². The van der Waals surface area contributed by atoms with Crippen molar-refractivity contribution in [1.29, 1.82) is 0 Å². The van der Waals surface area contributed by atoms with Crippen molar-refractivity contribution in [2.24, 2.45) is 11.7 Å². The van der Waals surface area contributed by atoms with Crippen LogP contribution in [0.2, 0.25) is 0 Å². The quantitative estimate of drug-likeness (QED) is 0.226. The number of carbonyl (C=O) groups excluding carboxylic acids is 3. The number of pyridine rings is 1. The van der Waals surface area contributed by atoms with Gasteiger partial charge in [0.2, 0.25) is 5.91 Å². The molecule has 2 aliphatic rings. The van der Waals surface area contributed by atoms with Gasteiger partial charge in [0.05, 0.1) is 6.04 Å². The lowest BCUT2D eigenvalue weighted by Crippen LogP contribution is -2.56. The molecule has 1 saturated heterocycles. The van der Waals surface area contributed by atoms with E-state index in [4.69, 9.17) is 15.2 Å². The number of piperidine rings is 1. The van der Waals surface area contributed by atoms with Crippen molar-refractivity contribution in [3.63, 3.8) is 0 Å². The smallest absolute Gasteiger partial charge is 0.410 e. The summed E-state index contributed by atoms with van der Waals surface area (Å²) >= 11 is 1.41. The fourth-order valence-electron chi connectivity index (χ4n) is 6.02. The Bertz CT molecular complexity index is 1210. The van der Waals surface area contributed by atoms with Gasteiger partial charge in [-0.15, -0.1) is 0 Å². The standard InChI is InChI=1S/C34H49N5O6S/c1-46-23-29(32(41)37-28(20-24-8-4-2-5-9-24)30(40)22-44-27-12-16-36-17-13-27)38-33(42)31(21-25-10-6-3-7-11-25)45-34(43)39-18-14-26(35)15-19-39/h3,6-7,10-13,16-17,24,26,28-31,40H,2,4-5,8-9,14-15,18-23,35H2,1H3,(H,37,41)(H,38,42)/t28-,29-,30+,31-/m0/s1. The third-order valence-electron chi connectivity index (χ3n) is 8.74. The zero-order valence-corrected chi connectivity index (χ0v) is 27.5. The third-order valence-corrected chi connectivity index (χ3v) is 9.40. The van der Waals surface area contributed by atoms with Crippen LogP contribution in [-0.4, -0.2) is 94.9 Å². The molecule has 3 amide bonds. The second-order valence-electron chi connectivity index (χ2n) is 12.3. The number of carbonyl (C=O) groups is 3. The molecule has 0 unspecified atom stereocenters. The molecule has 2 aromatic rings. The number of hydrogen-bond donors (Lipinski definition) is 4. The van der Waals surface area contributed by atoms with Crippen molar-refractivity contribution in [3.05, 3.63) is 60.4 Å². The molecular formula is C34H49N5O6S. The van der Waals surface area contributed by atoms with Crippen molar-refractivity contribution in [2.75, 3.05) is 31.7 Å². The summed E-state index contributed by atoms with van der Waals surface area (Å²) in [4.78, 5) is 46.1. The van der Waals surface area contributed by atoms with Gasteiger partial charge in [-0.25, -0.2) is 4.79 Å². The first-order chi connectivity index (χ1) is 22.3. The van der Waals surface area contributed by atoms with Crippen molar-refractivity contribution in [3.8, 4) is 5.75 Å². The Kier molecular flexibility index (Phi) is 14.4. The first-order valence-electron chi connectivity index (χ1n) is 16.4. The minimum atomic E-state index is -1.14. The summed E-state index contributed by atoms with van der Waals surface area (Å²) in [6, 6.07) is 11.3. The molecule has 1 aromatic heterocycles. The van der Waals surface area contributed by atoms with E-state index >= 15 is 0 Å². The SMILES string of the molecule is CSC[C@H](NC(=O)[C@H](Cc1ccccc1)OC(=O)N1CCC(N)CC1)C(=O)N[C@@H](CC1CCCCC1)[C@H](O)COc1ccncc1. The lowest BCUT2D eigenvalue weighted by Gasteiger charge is -2.32. The number of aliphatic hydroxyl groups is 1. The third kappa shape index (κ3) is 11.5. The Morgan fingerprint density at radius 3 is 2.37 bits per heavy atom. The van der Waals surface area contributed by atoms with E-state index in [0.717, 1.165) is 31.2 Å². The molecule has 0 spiro atoms. The second-order valence-corrected chi connectivity index (χ2v) is 13.2. The maximum Gasteiger partial charge on any atom is 0.410 e. The molecule has 1 aliphatic carbocycles. The van der Waals surface area contributed by atoms with Crippen LogP contribution in [0, 0.1) is 5.92 Å². The number of hydrogen-bond acceptors (Lipinski definition) is 9. The summed E-state index contributed by atoms with van der Waals surface area (Å²) in [7, 11) is 0. The first kappa shape index (κ1) is 35.5. The van der Waals surface area contributed by atoms with Crippen molar-refractivity contribution < 1.29 is 29.0 Å². The molecular weight excluding hydrogens is 606 g/mol. The Morgan fingerprint density at radius 1 is 1.00 bits per heavy atom. The fraction of sp³-hybridized carbons (Fsp3) is 0.588. The van der Waals surface area contributed by atoms with Gasteiger partial charge in [0.25, 0.3) is 5.91 Å². The van der Waals surface area contributed by atoms with Crippen molar-refractivity contribution in [2.45, 2.75) is 88.1 Å². The minimum absolute atomic E-state index is 0.00224. The van der Waals surface area contributed by atoms with Gasteiger partial charge < -0.3 is 35.8 Å². The largest absolute Gasteiger partial charge is 0.491 e. The molecule has 1 aliphatic heterocycles. The van der Waals surface area contributed by atoms with E-state index < -0.39 is 42.2 Å². The minimum Gasteiger partial charge on any atom is -0.491 e. The monoisotopic (exact) mass is 655 g/mol. The predicted molar refractivity (Wildman–Crippen MR) is 178 cm³/mol. The number of thioether (sulfide) groups is 1. The van der Waals surface area contributed by atoms with Crippen molar-refractivity contribution in [1.82, 2.24) is 20.5 Å². The van der Waals surface area contributed by atoms with Gasteiger partial charge in [0.1, 0.15) is 24.5 Å². The first-order valence-corrected chi connectivity index (χ1v) is 17.8. The van der Waals surface area contributed by atoms with E-state index in [1.807, 2.05) is 36.6 Å². The zero-order valence-electron chi connectivity index (χ0n) is 26.7. The molecule has 1 saturated carbocycles. The van der Waals surface area contributed by atoms with E-state index in [1.165, 1.54) is 18.2 Å². The summed E-state index contributed by atoms with van der Waals surface area (Å²) in [6.07, 6.45) is 10.1. The van der Waals surface area contributed by atoms with Crippen LogP contribution in [-0.2, 0) is 20.7 Å². The van der Waals surface area contributed by atoms with E-state index in [0.29, 0.717) is 49.8 Å². The molecule has 4 atom stereocenters. The highest BCUT2D eigenvalue weighted by atomic mass is 32.2. The summed E-state index contributed by atoms with van der Waals surface area (Å²) < 4.78 is 11.6. The van der Waals surface area contributed by atoms with Crippen LogP contribution in [0.4, 0.5) is 4.79 Å². The van der Waals surface area contributed by atoms with E-state index in [2.05, 4.69) is 15.6 Å². The average Bonchev–Trinajstić information content (AvgIpc) is 3.08. The lowest BCUT2D eigenvalue weighted by atomic mass is 9.83. The Labute approximate surface area is 276 Å². The maximum atomic E-state index is 13.8. The number of aliphatic hydroxyl groups excluding tert-OH is 1. The van der Waals surface area contributed by atoms with Crippen LogP contribution < -0.4 is 21.1 Å². The summed E-state index contributed by atoms with van der Waals surface area (Å²) in [5.41, 5.74) is 6.83. The molecule has 0 radical (unpaired) electrons. The molecule has 12 heteroatoms. The van der Waals surface area contributed by atoms with Crippen molar-refractivity contribution >= 4 is 29.7 Å². The predicted octanol–water partition coefficient (Wildman–Crippen LogP) is 3.30. The normalized spacial score (nSPS) is 18.5. The van der Waals surface area contributed by atoms with E-state index in [9.17, 15) is 19.5 Å².